The Hall–Kier alpha value is -3.29. The lowest BCUT2D eigenvalue weighted by Crippen LogP contribution is -2.22. The minimum Gasteiger partial charge on any atom is -0.477 e. The summed E-state index contributed by atoms with van der Waals surface area (Å²) in [6.45, 7) is 0.0398. The highest BCUT2D eigenvalue weighted by atomic mass is 19.2. The maximum Gasteiger partial charge on any atom is 0.341 e. The molecule has 1 saturated carbocycles. The standard InChI is InChI=1S/C20H15F3N2O3/c21-14-15(22)17(24-8-10-4-2-1-3-5-10)13-18(16(14)23)25(11-6-7-11)9-12(19(13)26)20(27)28/h1-5,9,11,24H,6-8H2,(H,27,28). The van der Waals surface area contributed by atoms with Crippen molar-refractivity contribution in [1.82, 2.24) is 4.57 Å². The lowest BCUT2D eigenvalue weighted by atomic mass is 10.1. The molecule has 0 saturated heterocycles. The molecule has 0 spiro atoms. The molecular formula is C20H15F3N2O3. The van der Waals surface area contributed by atoms with Crippen LogP contribution in [0.15, 0.2) is 41.3 Å². The highest BCUT2D eigenvalue weighted by Crippen LogP contribution is 2.40. The van der Waals surface area contributed by atoms with Crippen molar-refractivity contribution in [1.29, 1.82) is 0 Å². The summed E-state index contributed by atoms with van der Waals surface area (Å²) in [5.41, 5.74) is -1.93. The van der Waals surface area contributed by atoms with Gasteiger partial charge in [0.05, 0.1) is 16.6 Å². The quantitative estimate of drug-likeness (QED) is 0.647. The lowest BCUT2D eigenvalue weighted by Gasteiger charge is -2.17. The van der Waals surface area contributed by atoms with Crippen LogP contribution in [-0.4, -0.2) is 15.6 Å². The maximum absolute atomic E-state index is 14.6. The van der Waals surface area contributed by atoms with Crippen LogP contribution >= 0.6 is 0 Å². The van der Waals surface area contributed by atoms with Crippen LogP contribution < -0.4 is 10.7 Å². The monoisotopic (exact) mass is 388 g/mol. The minimum atomic E-state index is -1.71. The smallest absolute Gasteiger partial charge is 0.341 e. The molecule has 1 aromatic heterocycles. The molecule has 3 aromatic rings. The van der Waals surface area contributed by atoms with Gasteiger partial charge in [-0.2, -0.15) is 0 Å². The molecule has 28 heavy (non-hydrogen) atoms. The fourth-order valence-electron chi connectivity index (χ4n) is 3.25. The van der Waals surface area contributed by atoms with Crippen LogP contribution in [0.2, 0.25) is 0 Å². The van der Waals surface area contributed by atoms with Crippen LogP contribution in [0, 0.1) is 17.5 Å². The maximum atomic E-state index is 14.6. The van der Waals surface area contributed by atoms with Crippen LogP contribution in [0.4, 0.5) is 18.9 Å². The van der Waals surface area contributed by atoms with Gasteiger partial charge < -0.3 is 15.0 Å². The van der Waals surface area contributed by atoms with E-state index in [1.165, 1.54) is 4.57 Å². The Morgan fingerprint density at radius 3 is 2.39 bits per heavy atom. The minimum absolute atomic E-state index is 0.0398. The number of hydrogen-bond donors (Lipinski definition) is 2. The largest absolute Gasteiger partial charge is 0.477 e. The molecule has 144 valence electrons. The van der Waals surface area contributed by atoms with E-state index in [0.29, 0.717) is 12.8 Å². The molecule has 0 amide bonds. The third kappa shape index (κ3) is 2.90. The first-order valence-electron chi connectivity index (χ1n) is 8.66. The van der Waals surface area contributed by atoms with Crippen molar-refractivity contribution < 1.29 is 23.1 Å². The number of fused-ring (bicyclic) bond motifs is 1. The average Bonchev–Trinajstić information content (AvgIpc) is 3.52. The Bertz CT molecular complexity index is 1160. The first-order chi connectivity index (χ1) is 13.4. The Kier molecular flexibility index (Phi) is 4.33. The molecule has 8 heteroatoms. The van der Waals surface area contributed by atoms with Gasteiger partial charge in [0.15, 0.2) is 17.5 Å². The van der Waals surface area contributed by atoms with Gasteiger partial charge in [-0.05, 0) is 18.4 Å². The molecule has 2 aromatic carbocycles. The SMILES string of the molecule is O=C(O)c1cn(C2CC2)c2c(F)c(F)c(F)c(NCc3ccccc3)c2c1=O. The summed E-state index contributed by atoms with van der Waals surface area (Å²) in [5.74, 6) is -6.28. The zero-order valence-electron chi connectivity index (χ0n) is 14.5. The molecular weight excluding hydrogens is 373 g/mol. The molecule has 0 atom stereocenters. The highest BCUT2D eigenvalue weighted by molar-refractivity contribution is 5.98. The summed E-state index contributed by atoms with van der Waals surface area (Å²) < 4.78 is 44.7. The van der Waals surface area contributed by atoms with Gasteiger partial charge in [-0.25, -0.2) is 18.0 Å². The number of benzene rings is 2. The zero-order valence-corrected chi connectivity index (χ0v) is 14.5. The average molecular weight is 388 g/mol. The van der Waals surface area contributed by atoms with E-state index in [2.05, 4.69) is 5.32 Å². The second kappa shape index (κ2) is 6.70. The van der Waals surface area contributed by atoms with E-state index in [9.17, 15) is 27.9 Å². The van der Waals surface area contributed by atoms with Gasteiger partial charge in [-0.3, -0.25) is 4.79 Å². The molecule has 0 aliphatic heterocycles. The number of aromatic nitrogens is 1. The third-order valence-electron chi connectivity index (χ3n) is 4.78. The van der Waals surface area contributed by atoms with E-state index in [4.69, 9.17) is 0 Å². The number of hydrogen-bond acceptors (Lipinski definition) is 3. The fraction of sp³-hybridized carbons (Fsp3) is 0.200. The second-order valence-corrected chi connectivity index (χ2v) is 6.70. The number of carbonyl (C=O) groups is 1. The van der Waals surface area contributed by atoms with E-state index in [0.717, 1.165) is 11.8 Å². The van der Waals surface area contributed by atoms with Crippen LogP contribution in [0.5, 0.6) is 0 Å². The Morgan fingerprint density at radius 2 is 1.79 bits per heavy atom. The van der Waals surface area contributed by atoms with E-state index >= 15 is 0 Å². The zero-order chi connectivity index (χ0) is 20.0. The molecule has 2 N–H and O–H groups in total. The van der Waals surface area contributed by atoms with Gasteiger partial charge in [0.25, 0.3) is 0 Å². The van der Waals surface area contributed by atoms with Crippen molar-refractivity contribution >= 4 is 22.6 Å². The van der Waals surface area contributed by atoms with Gasteiger partial charge in [-0.15, -0.1) is 0 Å². The van der Waals surface area contributed by atoms with Gasteiger partial charge in [-0.1, -0.05) is 30.3 Å². The number of pyridine rings is 1. The lowest BCUT2D eigenvalue weighted by molar-refractivity contribution is 0.0695. The number of halogens is 3. The van der Waals surface area contributed by atoms with Crippen LogP contribution in [-0.2, 0) is 6.54 Å². The molecule has 1 fully saturated rings. The molecule has 0 radical (unpaired) electrons. The summed E-state index contributed by atoms with van der Waals surface area (Å²) in [4.78, 5) is 24.2. The van der Waals surface area contributed by atoms with E-state index < -0.39 is 51.0 Å². The van der Waals surface area contributed by atoms with Crippen molar-refractivity contribution in [2.45, 2.75) is 25.4 Å². The van der Waals surface area contributed by atoms with Crippen LogP contribution in [0.1, 0.15) is 34.8 Å². The summed E-state index contributed by atoms with van der Waals surface area (Å²) in [5, 5.41) is 11.5. The van der Waals surface area contributed by atoms with Crippen molar-refractivity contribution in [3.8, 4) is 0 Å². The molecule has 1 aliphatic rings. The first kappa shape index (κ1) is 18.1. The molecule has 4 rings (SSSR count). The summed E-state index contributed by atoms with van der Waals surface area (Å²) in [7, 11) is 0. The summed E-state index contributed by atoms with van der Waals surface area (Å²) >= 11 is 0. The Balaban J connectivity index is 2.00. The van der Waals surface area contributed by atoms with E-state index in [1.807, 2.05) is 0 Å². The van der Waals surface area contributed by atoms with Gasteiger partial charge in [0, 0.05) is 18.8 Å². The third-order valence-corrected chi connectivity index (χ3v) is 4.78. The predicted octanol–water partition coefficient (Wildman–Crippen LogP) is 4.06. The molecule has 1 heterocycles. The molecule has 1 aliphatic carbocycles. The molecule has 0 bridgehead atoms. The van der Waals surface area contributed by atoms with Crippen LogP contribution in [0.3, 0.4) is 0 Å². The topological polar surface area (TPSA) is 71.3 Å². The number of aromatic carboxylic acids is 1. The molecule has 0 unspecified atom stereocenters. The summed E-state index contributed by atoms with van der Waals surface area (Å²) in [6.07, 6.45) is 2.26. The van der Waals surface area contributed by atoms with E-state index in [-0.39, 0.29) is 12.6 Å². The van der Waals surface area contributed by atoms with Gasteiger partial charge >= 0.3 is 5.97 Å². The van der Waals surface area contributed by atoms with Gasteiger partial charge in [0.2, 0.25) is 5.43 Å². The number of nitrogens with zero attached hydrogens (tertiary/aromatic N) is 1. The fourth-order valence-corrected chi connectivity index (χ4v) is 3.25. The second-order valence-electron chi connectivity index (χ2n) is 6.70. The first-order valence-corrected chi connectivity index (χ1v) is 8.66. The highest BCUT2D eigenvalue weighted by Gasteiger charge is 2.32. The Morgan fingerprint density at radius 1 is 1.11 bits per heavy atom. The van der Waals surface area contributed by atoms with Crippen molar-refractivity contribution in [3.63, 3.8) is 0 Å². The van der Waals surface area contributed by atoms with E-state index in [1.54, 1.807) is 30.3 Å². The van der Waals surface area contributed by atoms with Crippen molar-refractivity contribution in [2.24, 2.45) is 0 Å². The number of nitrogens with one attached hydrogen (secondary N) is 1. The van der Waals surface area contributed by atoms with Crippen molar-refractivity contribution in [3.05, 3.63) is 75.3 Å². The van der Waals surface area contributed by atoms with Crippen LogP contribution in [0.25, 0.3) is 10.9 Å². The number of anilines is 1. The Labute approximate surface area is 157 Å². The van der Waals surface area contributed by atoms with Crippen molar-refractivity contribution in [2.75, 3.05) is 5.32 Å². The van der Waals surface area contributed by atoms with Gasteiger partial charge in [0.1, 0.15) is 5.56 Å². The number of carboxylic acid groups (broad SMARTS) is 1. The number of rotatable bonds is 5. The predicted molar refractivity (Wildman–Crippen MR) is 97.1 cm³/mol. The normalized spacial score (nSPS) is 13.7. The number of carboxylic acids is 1. The molecule has 5 nitrogen and oxygen atoms in total. The summed E-state index contributed by atoms with van der Waals surface area (Å²) in [6, 6.07) is 8.49.